The number of nitrogens with zero attached hydrogens (tertiary/aromatic N) is 2. The fourth-order valence-corrected chi connectivity index (χ4v) is 5.34. The summed E-state index contributed by atoms with van der Waals surface area (Å²) in [7, 11) is 0. The van der Waals surface area contributed by atoms with Gasteiger partial charge in [-0.15, -0.1) is 11.3 Å². The second-order valence-electron chi connectivity index (χ2n) is 8.65. The second-order valence-corrected chi connectivity index (χ2v) is 10.1. The van der Waals surface area contributed by atoms with E-state index < -0.39 is 11.7 Å². The van der Waals surface area contributed by atoms with Gasteiger partial charge in [0.15, 0.2) is 0 Å². The molecular formula is C26H26ClFN2O2S. The molecule has 0 radical (unpaired) electrons. The summed E-state index contributed by atoms with van der Waals surface area (Å²) in [5.41, 5.74) is 2.07. The Morgan fingerprint density at radius 3 is 2.58 bits per heavy atom. The lowest BCUT2D eigenvalue weighted by atomic mass is 9.93. The van der Waals surface area contributed by atoms with Gasteiger partial charge < -0.3 is 9.80 Å². The highest BCUT2D eigenvalue weighted by Crippen LogP contribution is 2.38. The molecule has 0 aliphatic carbocycles. The van der Waals surface area contributed by atoms with E-state index in [0.29, 0.717) is 18.1 Å². The summed E-state index contributed by atoms with van der Waals surface area (Å²) in [6.45, 7) is 4.77. The van der Waals surface area contributed by atoms with E-state index in [9.17, 15) is 14.0 Å². The van der Waals surface area contributed by atoms with Gasteiger partial charge in [0.05, 0.1) is 11.6 Å². The number of carbonyl (C=O) groups is 2. The summed E-state index contributed by atoms with van der Waals surface area (Å²) in [4.78, 5) is 31.3. The molecule has 4 nitrogen and oxygen atoms in total. The van der Waals surface area contributed by atoms with Crippen LogP contribution in [0.5, 0.6) is 0 Å². The van der Waals surface area contributed by atoms with E-state index in [1.165, 1.54) is 21.9 Å². The van der Waals surface area contributed by atoms with Crippen molar-refractivity contribution in [1.82, 2.24) is 9.80 Å². The van der Waals surface area contributed by atoms with Crippen LogP contribution in [0.2, 0.25) is 5.02 Å². The maximum atomic E-state index is 14.3. The largest absolute Gasteiger partial charge is 0.330 e. The third-order valence-corrected chi connectivity index (χ3v) is 7.02. The summed E-state index contributed by atoms with van der Waals surface area (Å²) in [6.07, 6.45) is 0.772. The summed E-state index contributed by atoms with van der Waals surface area (Å²) in [6, 6.07) is 15.3. The van der Waals surface area contributed by atoms with Gasteiger partial charge in [0.1, 0.15) is 12.4 Å². The number of carbonyl (C=O) groups excluding carboxylic acids is 2. The number of amides is 2. The smallest absolute Gasteiger partial charge is 0.257 e. The zero-order valence-electron chi connectivity index (χ0n) is 18.6. The van der Waals surface area contributed by atoms with Crippen LogP contribution in [-0.4, -0.2) is 41.2 Å². The van der Waals surface area contributed by atoms with Crippen LogP contribution in [-0.2, 0) is 11.2 Å². The van der Waals surface area contributed by atoms with Crippen LogP contribution in [0.25, 0.3) is 0 Å². The van der Waals surface area contributed by atoms with Gasteiger partial charge in [-0.3, -0.25) is 9.59 Å². The van der Waals surface area contributed by atoms with Crippen molar-refractivity contribution in [2.45, 2.75) is 26.3 Å². The number of hydrogen-bond donors (Lipinski definition) is 0. The van der Waals surface area contributed by atoms with E-state index in [1.54, 1.807) is 23.5 Å². The molecule has 0 saturated carbocycles. The average molecular weight is 485 g/mol. The molecule has 0 spiro atoms. The highest BCUT2D eigenvalue weighted by atomic mass is 35.5. The van der Waals surface area contributed by atoms with Gasteiger partial charge >= 0.3 is 0 Å². The first-order valence-corrected chi connectivity index (χ1v) is 12.3. The zero-order valence-corrected chi connectivity index (χ0v) is 20.2. The molecular weight excluding hydrogens is 459 g/mol. The maximum Gasteiger partial charge on any atom is 0.257 e. The fourth-order valence-electron chi connectivity index (χ4n) is 4.31. The molecule has 1 atom stereocenters. The Bertz CT molecular complexity index is 1150. The summed E-state index contributed by atoms with van der Waals surface area (Å²) in [5, 5.41) is 2.69. The van der Waals surface area contributed by atoms with Gasteiger partial charge in [-0.25, -0.2) is 4.39 Å². The van der Waals surface area contributed by atoms with Crippen LogP contribution in [0.1, 0.15) is 46.3 Å². The van der Waals surface area contributed by atoms with Crippen molar-refractivity contribution in [2.24, 2.45) is 5.92 Å². The van der Waals surface area contributed by atoms with Gasteiger partial charge in [0.25, 0.3) is 5.91 Å². The number of hydrogen-bond acceptors (Lipinski definition) is 3. The van der Waals surface area contributed by atoms with E-state index >= 15 is 0 Å². The predicted molar refractivity (Wildman–Crippen MR) is 130 cm³/mol. The first kappa shape index (κ1) is 23.5. The highest BCUT2D eigenvalue weighted by molar-refractivity contribution is 7.10. The molecule has 1 unspecified atom stereocenters. The lowest BCUT2D eigenvalue weighted by molar-refractivity contribution is -0.134. The van der Waals surface area contributed by atoms with Crippen molar-refractivity contribution < 1.29 is 14.0 Å². The van der Waals surface area contributed by atoms with Gasteiger partial charge in [-0.1, -0.05) is 49.7 Å². The molecule has 2 amide bonds. The van der Waals surface area contributed by atoms with E-state index in [-0.39, 0.29) is 30.0 Å². The third-order valence-electron chi connectivity index (χ3n) is 5.78. The summed E-state index contributed by atoms with van der Waals surface area (Å²) >= 11 is 7.79. The van der Waals surface area contributed by atoms with Crippen molar-refractivity contribution in [1.29, 1.82) is 0 Å². The monoisotopic (exact) mass is 484 g/mol. The Labute approximate surface area is 202 Å². The van der Waals surface area contributed by atoms with Crippen molar-refractivity contribution in [2.75, 3.05) is 19.6 Å². The average Bonchev–Trinajstić information content (AvgIpc) is 3.27. The molecule has 7 heteroatoms. The first-order valence-electron chi connectivity index (χ1n) is 11.0. The second kappa shape index (κ2) is 10.1. The molecule has 3 aromatic rings. The molecule has 0 bridgehead atoms. The summed E-state index contributed by atoms with van der Waals surface area (Å²) in [5.74, 6) is -1.07. The molecule has 2 aromatic carbocycles. The number of halogens is 2. The molecule has 1 aliphatic rings. The van der Waals surface area contributed by atoms with Gasteiger partial charge in [0.2, 0.25) is 5.91 Å². The normalized spacial score (nSPS) is 15.4. The Morgan fingerprint density at radius 2 is 1.88 bits per heavy atom. The topological polar surface area (TPSA) is 40.6 Å². The van der Waals surface area contributed by atoms with E-state index in [0.717, 1.165) is 17.5 Å². The quantitative estimate of drug-likeness (QED) is 0.442. The molecule has 1 aliphatic heterocycles. The van der Waals surface area contributed by atoms with Crippen LogP contribution >= 0.6 is 22.9 Å². The number of benzene rings is 2. The lowest BCUT2D eigenvalue weighted by Gasteiger charge is -2.38. The minimum Gasteiger partial charge on any atom is -0.330 e. The maximum absolute atomic E-state index is 14.3. The molecule has 33 heavy (non-hydrogen) atoms. The Hall–Kier alpha value is -2.70. The minimum atomic E-state index is -0.580. The van der Waals surface area contributed by atoms with E-state index in [2.05, 4.69) is 6.07 Å². The Morgan fingerprint density at radius 1 is 1.15 bits per heavy atom. The lowest BCUT2D eigenvalue weighted by Crippen LogP contribution is -2.47. The van der Waals surface area contributed by atoms with Crippen molar-refractivity contribution in [3.63, 3.8) is 0 Å². The zero-order chi connectivity index (χ0) is 23.5. The molecule has 1 aromatic heterocycles. The SMILES string of the molecule is CC(C)CN(CC(=O)N1CCc2sccc2C1c1ccc(Cl)cc1)C(=O)c1ccccc1F. The Kier molecular flexibility index (Phi) is 7.15. The van der Waals surface area contributed by atoms with Crippen molar-refractivity contribution >= 4 is 34.8 Å². The number of fused-ring (bicyclic) bond motifs is 1. The van der Waals surface area contributed by atoms with Gasteiger partial charge in [0, 0.05) is 23.0 Å². The fraction of sp³-hybridized carbons (Fsp3) is 0.308. The molecule has 172 valence electrons. The van der Waals surface area contributed by atoms with Crippen molar-refractivity contribution in [3.8, 4) is 0 Å². The molecule has 0 saturated heterocycles. The molecule has 2 heterocycles. The molecule has 4 rings (SSSR count). The third kappa shape index (κ3) is 5.12. The number of rotatable bonds is 6. The van der Waals surface area contributed by atoms with E-state index in [1.807, 2.05) is 48.4 Å². The van der Waals surface area contributed by atoms with Crippen LogP contribution in [0, 0.1) is 11.7 Å². The summed E-state index contributed by atoms with van der Waals surface area (Å²) < 4.78 is 14.3. The van der Waals surface area contributed by atoms with Crippen LogP contribution in [0.3, 0.4) is 0 Å². The predicted octanol–water partition coefficient (Wildman–Crippen LogP) is 5.81. The van der Waals surface area contributed by atoms with Gasteiger partial charge in [-0.05, 0) is 59.2 Å². The van der Waals surface area contributed by atoms with Gasteiger partial charge in [-0.2, -0.15) is 0 Å². The van der Waals surface area contributed by atoms with Crippen LogP contribution in [0.15, 0.2) is 60.0 Å². The Balaban J connectivity index is 1.63. The van der Waals surface area contributed by atoms with Crippen LogP contribution in [0.4, 0.5) is 4.39 Å². The number of thiophene rings is 1. The molecule has 0 fully saturated rings. The minimum absolute atomic E-state index is 0.0148. The first-order chi connectivity index (χ1) is 15.8. The van der Waals surface area contributed by atoms with E-state index in [4.69, 9.17) is 11.6 Å². The standard InChI is InChI=1S/C26H26ClFN2O2S/c1-17(2)15-29(26(32)20-5-3-4-6-22(20)28)16-24(31)30-13-11-23-21(12-14-33-23)25(30)18-7-9-19(27)10-8-18/h3-10,12,14,17,25H,11,13,15-16H2,1-2H3. The van der Waals surface area contributed by atoms with Crippen molar-refractivity contribution in [3.05, 3.63) is 92.4 Å². The highest BCUT2D eigenvalue weighted by Gasteiger charge is 2.34. The van der Waals surface area contributed by atoms with Crippen LogP contribution < -0.4 is 0 Å². The molecule has 0 N–H and O–H groups in total.